The molecule has 1 rings (SSSR count). The zero-order valence-electron chi connectivity index (χ0n) is 4.31. The Morgan fingerprint density at radius 1 is 1.33 bits per heavy atom. The first-order valence-corrected chi connectivity index (χ1v) is 6.68. The van der Waals surface area contributed by atoms with Crippen LogP contribution >= 0.6 is 0 Å². The molecule has 0 unspecified atom stereocenters. The fourth-order valence-electron chi connectivity index (χ4n) is 0.509. The molecule has 0 aromatic rings. The van der Waals surface area contributed by atoms with E-state index in [1.807, 2.05) is 0 Å². The van der Waals surface area contributed by atoms with Gasteiger partial charge in [-0.25, -0.2) is 0 Å². The molecule has 0 fully saturated rings. The van der Waals surface area contributed by atoms with Crippen molar-refractivity contribution in [2.45, 2.75) is 18.6 Å². The average Bonchev–Trinajstić information content (AvgIpc) is 2.06. The summed E-state index contributed by atoms with van der Waals surface area (Å²) in [6.07, 6.45) is 0. The molecular weight excluding hydrogens is 133 g/mol. The maximum atomic E-state index is 2.43. The van der Waals surface area contributed by atoms with Crippen LogP contribution in [0.2, 0.25) is 4.75 Å². The van der Waals surface area contributed by atoms with Gasteiger partial charge >= 0.3 is 42.8 Å². The van der Waals surface area contributed by atoms with Gasteiger partial charge in [0.2, 0.25) is 0 Å². The Bertz CT molecular complexity index is 68.0. The summed E-state index contributed by atoms with van der Waals surface area (Å²) in [6.45, 7) is 4.65. The summed E-state index contributed by atoms with van der Waals surface area (Å²) >= 11 is -0.627. The molecule has 0 N–H and O–H groups in total. The number of hydrogen-bond acceptors (Lipinski definition) is 0. The van der Waals surface area contributed by atoms with Gasteiger partial charge < -0.3 is 0 Å². The zero-order valence-corrected chi connectivity index (χ0v) is 6.73. The van der Waals surface area contributed by atoms with Crippen LogP contribution < -0.4 is 0 Å². The topological polar surface area (TPSA) is 0 Å². The molecule has 0 aliphatic carbocycles. The minimum absolute atomic E-state index is 0.627. The SMILES string of the molecule is C[CH](C)[GeH]1[CH]=[CH]1. The molecule has 0 aromatic carbocycles. The third kappa shape index (κ3) is 0.870. The maximum absolute atomic E-state index is 2.43. The van der Waals surface area contributed by atoms with E-state index < -0.39 is 14.3 Å². The Balaban J connectivity index is 2.16. The molecule has 0 radical (unpaired) electrons. The van der Waals surface area contributed by atoms with Crippen LogP contribution in [0.15, 0.2) is 9.82 Å². The van der Waals surface area contributed by atoms with Crippen LogP contribution in [0.25, 0.3) is 0 Å². The van der Waals surface area contributed by atoms with Gasteiger partial charge in [-0.1, -0.05) is 0 Å². The summed E-state index contributed by atoms with van der Waals surface area (Å²) < 4.78 is 1.04. The van der Waals surface area contributed by atoms with Crippen molar-refractivity contribution in [3.05, 3.63) is 9.82 Å². The molecule has 0 amide bonds. The predicted molar refractivity (Wildman–Crippen MR) is 31.4 cm³/mol. The molecular formula is C5H10Ge. The first kappa shape index (κ1) is 4.44. The second-order valence-electron chi connectivity index (χ2n) is 2.21. The summed E-state index contributed by atoms with van der Waals surface area (Å²) in [4.78, 5) is 4.86. The fraction of sp³-hybridized carbons (Fsp3) is 0.600. The summed E-state index contributed by atoms with van der Waals surface area (Å²) in [7, 11) is 0. The summed E-state index contributed by atoms with van der Waals surface area (Å²) in [6, 6.07) is 0. The van der Waals surface area contributed by atoms with Crippen LogP contribution in [0.5, 0.6) is 0 Å². The van der Waals surface area contributed by atoms with E-state index in [9.17, 15) is 0 Å². The first-order chi connectivity index (χ1) is 2.80. The van der Waals surface area contributed by atoms with Crippen molar-refractivity contribution >= 4 is 14.3 Å². The monoisotopic (exact) mass is 144 g/mol. The van der Waals surface area contributed by atoms with E-state index in [2.05, 4.69) is 23.7 Å². The van der Waals surface area contributed by atoms with Crippen molar-refractivity contribution in [3.8, 4) is 0 Å². The van der Waals surface area contributed by atoms with Crippen molar-refractivity contribution in [1.29, 1.82) is 0 Å². The molecule has 0 aromatic heterocycles. The van der Waals surface area contributed by atoms with Crippen LogP contribution in [-0.4, -0.2) is 14.3 Å². The van der Waals surface area contributed by atoms with Crippen molar-refractivity contribution in [2.24, 2.45) is 0 Å². The summed E-state index contributed by atoms with van der Waals surface area (Å²) in [5.74, 6) is 0. The molecule has 0 spiro atoms. The molecule has 0 saturated carbocycles. The zero-order chi connectivity index (χ0) is 4.57. The third-order valence-corrected chi connectivity index (χ3v) is 6.15. The molecule has 1 aliphatic heterocycles. The van der Waals surface area contributed by atoms with Gasteiger partial charge in [-0.05, 0) is 0 Å². The summed E-state index contributed by atoms with van der Waals surface area (Å²) in [5.41, 5.74) is 0. The van der Waals surface area contributed by atoms with Gasteiger partial charge in [0, 0.05) is 0 Å². The van der Waals surface area contributed by atoms with Gasteiger partial charge in [-0.2, -0.15) is 0 Å². The van der Waals surface area contributed by atoms with Crippen molar-refractivity contribution < 1.29 is 0 Å². The molecule has 34 valence electrons. The average molecular weight is 143 g/mol. The van der Waals surface area contributed by atoms with E-state index in [0.717, 1.165) is 4.75 Å². The summed E-state index contributed by atoms with van der Waals surface area (Å²) in [5, 5.41) is 0. The molecule has 0 saturated heterocycles. The quantitative estimate of drug-likeness (QED) is 0.484. The second kappa shape index (κ2) is 1.41. The van der Waals surface area contributed by atoms with E-state index in [4.69, 9.17) is 0 Å². The van der Waals surface area contributed by atoms with E-state index in [1.54, 1.807) is 0 Å². The van der Waals surface area contributed by atoms with Gasteiger partial charge in [-0.15, -0.1) is 0 Å². The van der Waals surface area contributed by atoms with Crippen molar-refractivity contribution in [2.75, 3.05) is 0 Å². The van der Waals surface area contributed by atoms with Crippen LogP contribution in [0.3, 0.4) is 0 Å². The fourth-order valence-corrected chi connectivity index (χ4v) is 4.04. The minimum atomic E-state index is -0.627. The molecule has 1 aliphatic rings. The molecule has 0 bridgehead atoms. The van der Waals surface area contributed by atoms with Gasteiger partial charge in [0.1, 0.15) is 0 Å². The van der Waals surface area contributed by atoms with Crippen LogP contribution in [0, 0.1) is 0 Å². The second-order valence-corrected chi connectivity index (χ2v) is 9.04. The van der Waals surface area contributed by atoms with Gasteiger partial charge in [0.15, 0.2) is 0 Å². The van der Waals surface area contributed by atoms with E-state index in [-0.39, 0.29) is 0 Å². The van der Waals surface area contributed by atoms with Gasteiger partial charge in [-0.3, -0.25) is 0 Å². The first-order valence-electron chi connectivity index (χ1n) is 2.49. The third-order valence-electron chi connectivity index (χ3n) is 1.18. The van der Waals surface area contributed by atoms with E-state index in [1.165, 1.54) is 0 Å². The molecule has 0 atom stereocenters. The van der Waals surface area contributed by atoms with Crippen LogP contribution in [-0.2, 0) is 0 Å². The molecule has 1 heterocycles. The molecule has 1 heteroatoms. The predicted octanol–water partition coefficient (Wildman–Crippen LogP) is 1.27. The van der Waals surface area contributed by atoms with E-state index in [0.29, 0.717) is 0 Å². The van der Waals surface area contributed by atoms with Gasteiger partial charge in [0.05, 0.1) is 0 Å². The Kier molecular flexibility index (Phi) is 1.05. The van der Waals surface area contributed by atoms with Gasteiger partial charge in [0.25, 0.3) is 0 Å². The Hall–Kier alpha value is 0.283. The van der Waals surface area contributed by atoms with E-state index >= 15 is 0 Å². The number of hydrogen-bond donors (Lipinski definition) is 0. The van der Waals surface area contributed by atoms with Crippen molar-refractivity contribution in [3.63, 3.8) is 0 Å². The molecule has 0 nitrogen and oxygen atoms in total. The Labute approximate surface area is 43.4 Å². The Morgan fingerprint density at radius 3 is 1.83 bits per heavy atom. The molecule has 6 heavy (non-hydrogen) atoms. The Morgan fingerprint density at radius 2 is 1.83 bits per heavy atom. The van der Waals surface area contributed by atoms with Crippen molar-refractivity contribution in [1.82, 2.24) is 0 Å². The number of rotatable bonds is 1. The van der Waals surface area contributed by atoms with Crippen LogP contribution in [0.4, 0.5) is 0 Å². The normalized spacial score (nSPS) is 19.8. The van der Waals surface area contributed by atoms with Crippen LogP contribution in [0.1, 0.15) is 13.8 Å². The standard InChI is InChI=1S/C5H10Ge/c1-5(2)6-3-4-6/h3-6H,1-2H3.